The van der Waals surface area contributed by atoms with E-state index in [1.54, 1.807) is 30.5 Å². The largest absolute Gasteiger partial charge is 0.493 e. The SMILES string of the molecule is COc1cc(C(=O)N2CCCC(COc3ccc(F)cc3)C2)ccn1. The summed E-state index contributed by atoms with van der Waals surface area (Å²) >= 11 is 0. The van der Waals surface area contributed by atoms with Crippen LogP contribution in [-0.4, -0.2) is 42.6 Å². The zero-order valence-corrected chi connectivity index (χ0v) is 14.2. The Labute approximate surface area is 146 Å². The van der Waals surface area contributed by atoms with Gasteiger partial charge in [0, 0.05) is 36.8 Å². The standard InChI is InChI=1S/C19H21FN2O3/c1-24-18-11-15(8-9-21-18)19(23)22-10-2-3-14(12-22)13-25-17-6-4-16(20)5-7-17/h4-9,11,14H,2-3,10,12-13H2,1H3. The first kappa shape index (κ1) is 17.2. The highest BCUT2D eigenvalue weighted by molar-refractivity contribution is 5.94. The number of pyridine rings is 1. The first-order valence-corrected chi connectivity index (χ1v) is 8.33. The number of ether oxygens (including phenoxy) is 2. The van der Waals surface area contributed by atoms with Crippen LogP contribution in [-0.2, 0) is 0 Å². The molecule has 1 aromatic carbocycles. The van der Waals surface area contributed by atoms with Crippen LogP contribution in [0, 0.1) is 11.7 Å². The molecule has 1 fully saturated rings. The fourth-order valence-electron chi connectivity index (χ4n) is 2.97. The summed E-state index contributed by atoms with van der Waals surface area (Å²) in [6.45, 7) is 1.89. The van der Waals surface area contributed by atoms with Gasteiger partial charge < -0.3 is 14.4 Å². The molecule has 1 amide bonds. The zero-order valence-electron chi connectivity index (χ0n) is 14.2. The van der Waals surface area contributed by atoms with Gasteiger partial charge in [-0.25, -0.2) is 9.37 Å². The Balaban J connectivity index is 1.58. The number of hydrogen-bond donors (Lipinski definition) is 0. The molecule has 132 valence electrons. The summed E-state index contributed by atoms with van der Waals surface area (Å²) in [6, 6.07) is 9.34. The second kappa shape index (κ2) is 7.96. The molecule has 0 aliphatic carbocycles. The van der Waals surface area contributed by atoms with E-state index < -0.39 is 0 Å². The molecule has 0 saturated carbocycles. The molecule has 1 aliphatic heterocycles. The Bertz CT molecular complexity index is 721. The average molecular weight is 344 g/mol. The van der Waals surface area contributed by atoms with Crippen molar-refractivity contribution in [3.05, 3.63) is 54.0 Å². The number of carbonyl (C=O) groups excluding carboxylic acids is 1. The monoisotopic (exact) mass is 344 g/mol. The number of rotatable bonds is 5. The third-order valence-corrected chi connectivity index (χ3v) is 4.30. The molecule has 1 atom stereocenters. The van der Waals surface area contributed by atoms with Gasteiger partial charge in [0.05, 0.1) is 13.7 Å². The van der Waals surface area contributed by atoms with E-state index in [0.29, 0.717) is 30.3 Å². The van der Waals surface area contributed by atoms with Crippen LogP contribution in [0.15, 0.2) is 42.6 Å². The molecular formula is C19H21FN2O3. The van der Waals surface area contributed by atoms with Gasteiger partial charge in [-0.15, -0.1) is 0 Å². The predicted octanol–water partition coefficient (Wildman–Crippen LogP) is 3.16. The van der Waals surface area contributed by atoms with Crippen LogP contribution in [0.25, 0.3) is 0 Å². The molecule has 0 radical (unpaired) electrons. The van der Waals surface area contributed by atoms with E-state index in [1.165, 1.54) is 19.2 Å². The smallest absolute Gasteiger partial charge is 0.254 e. The van der Waals surface area contributed by atoms with Crippen molar-refractivity contribution in [3.8, 4) is 11.6 Å². The van der Waals surface area contributed by atoms with Crippen molar-refractivity contribution in [2.75, 3.05) is 26.8 Å². The number of amides is 1. The summed E-state index contributed by atoms with van der Waals surface area (Å²) in [5, 5.41) is 0. The number of benzene rings is 1. The molecule has 0 spiro atoms. The molecule has 1 aliphatic rings. The van der Waals surface area contributed by atoms with Gasteiger partial charge in [-0.05, 0) is 43.2 Å². The van der Waals surface area contributed by atoms with Gasteiger partial charge in [-0.2, -0.15) is 0 Å². The third kappa shape index (κ3) is 4.47. The number of carbonyl (C=O) groups is 1. The summed E-state index contributed by atoms with van der Waals surface area (Å²) < 4.78 is 23.7. The zero-order chi connectivity index (χ0) is 17.6. The average Bonchev–Trinajstić information content (AvgIpc) is 2.67. The number of nitrogens with zero attached hydrogens (tertiary/aromatic N) is 2. The van der Waals surface area contributed by atoms with Gasteiger partial charge in [0.25, 0.3) is 5.91 Å². The quantitative estimate of drug-likeness (QED) is 0.836. The van der Waals surface area contributed by atoms with Crippen LogP contribution in [0.5, 0.6) is 11.6 Å². The highest BCUT2D eigenvalue weighted by Crippen LogP contribution is 2.21. The van der Waals surface area contributed by atoms with Crippen LogP contribution in [0.1, 0.15) is 23.2 Å². The molecule has 3 rings (SSSR count). The Kier molecular flexibility index (Phi) is 5.48. The minimum absolute atomic E-state index is 0.0211. The number of piperidine rings is 1. The Hall–Kier alpha value is -2.63. The lowest BCUT2D eigenvalue weighted by Gasteiger charge is -2.32. The van der Waals surface area contributed by atoms with Crippen molar-refractivity contribution >= 4 is 5.91 Å². The van der Waals surface area contributed by atoms with E-state index in [-0.39, 0.29) is 17.6 Å². The topological polar surface area (TPSA) is 51.7 Å². The summed E-state index contributed by atoms with van der Waals surface area (Å²) in [6.07, 6.45) is 3.52. The van der Waals surface area contributed by atoms with E-state index in [9.17, 15) is 9.18 Å². The van der Waals surface area contributed by atoms with Gasteiger partial charge in [0.2, 0.25) is 5.88 Å². The normalized spacial score (nSPS) is 17.2. The van der Waals surface area contributed by atoms with Crippen molar-refractivity contribution < 1.29 is 18.7 Å². The Morgan fingerprint density at radius 1 is 1.32 bits per heavy atom. The first-order valence-electron chi connectivity index (χ1n) is 8.33. The van der Waals surface area contributed by atoms with Crippen LogP contribution < -0.4 is 9.47 Å². The van der Waals surface area contributed by atoms with Crippen molar-refractivity contribution in [3.63, 3.8) is 0 Å². The second-order valence-corrected chi connectivity index (χ2v) is 6.11. The molecule has 25 heavy (non-hydrogen) atoms. The lowest BCUT2D eigenvalue weighted by molar-refractivity contribution is 0.0633. The van der Waals surface area contributed by atoms with Gasteiger partial charge in [0.15, 0.2) is 0 Å². The third-order valence-electron chi connectivity index (χ3n) is 4.30. The summed E-state index contributed by atoms with van der Waals surface area (Å²) in [7, 11) is 1.53. The molecule has 5 nitrogen and oxygen atoms in total. The first-order chi connectivity index (χ1) is 12.2. The maximum absolute atomic E-state index is 12.9. The van der Waals surface area contributed by atoms with Gasteiger partial charge in [-0.1, -0.05) is 0 Å². The summed E-state index contributed by atoms with van der Waals surface area (Å²) in [5.41, 5.74) is 0.576. The van der Waals surface area contributed by atoms with E-state index in [4.69, 9.17) is 9.47 Å². The van der Waals surface area contributed by atoms with E-state index in [2.05, 4.69) is 4.98 Å². The van der Waals surface area contributed by atoms with Crippen molar-refractivity contribution in [1.29, 1.82) is 0 Å². The number of hydrogen-bond acceptors (Lipinski definition) is 4. The minimum Gasteiger partial charge on any atom is -0.493 e. The van der Waals surface area contributed by atoms with Gasteiger partial charge >= 0.3 is 0 Å². The second-order valence-electron chi connectivity index (χ2n) is 6.11. The highest BCUT2D eigenvalue weighted by Gasteiger charge is 2.25. The molecule has 1 unspecified atom stereocenters. The summed E-state index contributed by atoms with van der Waals surface area (Å²) in [5.74, 6) is 1.02. The molecule has 1 saturated heterocycles. The van der Waals surface area contributed by atoms with Crippen LogP contribution >= 0.6 is 0 Å². The lowest BCUT2D eigenvalue weighted by atomic mass is 9.98. The molecule has 2 aromatic rings. The number of halogens is 1. The number of aromatic nitrogens is 1. The fourth-order valence-corrected chi connectivity index (χ4v) is 2.97. The molecule has 0 bridgehead atoms. The predicted molar refractivity (Wildman–Crippen MR) is 91.3 cm³/mol. The van der Waals surface area contributed by atoms with E-state index in [1.807, 2.05) is 4.90 Å². The van der Waals surface area contributed by atoms with Crippen molar-refractivity contribution in [2.24, 2.45) is 5.92 Å². The van der Waals surface area contributed by atoms with Crippen molar-refractivity contribution in [2.45, 2.75) is 12.8 Å². The molecule has 2 heterocycles. The molecule has 6 heteroatoms. The maximum atomic E-state index is 12.9. The maximum Gasteiger partial charge on any atom is 0.254 e. The van der Waals surface area contributed by atoms with Crippen molar-refractivity contribution in [1.82, 2.24) is 9.88 Å². The van der Waals surface area contributed by atoms with E-state index in [0.717, 1.165) is 19.4 Å². The van der Waals surface area contributed by atoms with Crippen LogP contribution in [0.2, 0.25) is 0 Å². The number of likely N-dealkylation sites (tertiary alicyclic amines) is 1. The fraction of sp³-hybridized carbons (Fsp3) is 0.368. The molecule has 0 N–H and O–H groups in total. The number of methoxy groups -OCH3 is 1. The molecular weight excluding hydrogens is 323 g/mol. The summed E-state index contributed by atoms with van der Waals surface area (Å²) in [4.78, 5) is 18.6. The van der Waals surface area contributed by atoms with Gasteiger partial charge in [-0.3, -0.25) is 4.79 Å². The van der Waals surface area contributed by atoms with Crippen LogP contribution in [0.3, 0.4) is 0 Å². The lowest BCUT2D eigenvalue weighted by Crippen LogP contribution is -2.41. The Morgan fingerprint density at radius 2 is 2.12 bits per heavy atom. The molecule has 1 aromatic heterocycles. The van der Waals surface area contributed by atoms with Crippen LogP contribution in [0.4, 0.5) is 4.39 Å². The minimum atomic E-state index is -0.283. The van der Waals surface area contributed by atoms with E-state index >= 15 is 0 Å². The van der Waals surface area contributed by atoms with Gasteiger partial charge in [0.1, 0.15) is 11.6 Å². The Morgan fingerprint density at radius 3 is 2.88 bits per heavy atom. The highest BCUT2D eigenvalue weighted by atomic mass is 19.1.